The van der Waals surface area contributed by atoms with Crippen LogP contribution in [0, 0.1) is 5.21 Å². The quantitative estimate of drug-likeness (QED) is 0.638. The molecule has 5 rings (SSSR count). The molecule has 3 heterocycles. The normalized spacial score (nSPS) is 28.3. The molecule has 3 aliphatic rings. The van der Waals surface area contributed by atoms with Gasteiger partial charge in [0.15, 0.2) is 23.0 Å². The van der Waals surface area contributed by atoms with Crippen molar-refractivity contribution in [2.45, 2.75) is 24.9 Å². The number of nitrogens with zero attached hydrogens (tertiary/aromatic N) is 1. The van der Waals surface area contributed by atoms with Gasteiger partial charge in [-0.25, -0.2) is 0 Å². The third kappa shape index (κ3) is 1.92. The molecule has 2 aromatic carbocycles. The van der Waals surface area contributed by atoms with Crippen LogP contribution in [0.1, 0.15) is 34.3 Å². The van der Waals surface area contributed by atoms with E-state index in [0.717, 1.165) is 28.0 Å². The second-order valence-corrected chi connectivity index (χ2v) is 7.13. The topological polar surface area (TPSA) is 71.0 Å². The first kappa shape index (κ1) is 14.9. The number of hydrogen-bond donors (Lipinski definition) is 1. The van der Waals surface area contributed by atoms with Crippen molar-refractivity contribution in [1.29, 1.82) is 0 Å². The fraction of sp³-hybridized carbons (Fsp3) is 0.368. The number of benzene rings is 2. The lowest BCUT2D eigenvalue weighted by molar-refractivity contribution is -0.927. The first-order chi connectivity index (χ1) is 12.0. The molecule has 2 bridgehead atoms. The molecule has 0 radical (unpaired) electrons. The lowest BCUT2D eigenvalue weighted by atomic mass is 9.76. The van der Waals surface area contributed by atoms with Crippen LogP contribution in [0.25, 0.3) is 0 Å². The van der Waals surface area contributed by atoms with Gasteiger partial charge in [-0.2, -0.15) is 0 Å². The zero-order valence-electron chi connectivity index (χ0n) is 14.1. The fourth-order valence-electron chi connectivity index (χ4n) is 4.53. The Morgan fingerprint density at radius 3 is 2.32 bits per heavy atom. The van der Waals surface area contributed by atoms with Crippen molar-refractivity contribution in [1.82, 2.24) is 0 Å². The smallest absolute Gasteiger partial charge is 0.231 e. The van der Waals surface area contributed by atoms with E-state index in [1.54, 1.807) is 13.1 Å². The number of aromatic hydroxyl groups is 1. The zero-order chi connectivity index (χ0) is 17.3. The maximum Gasteiger partial charge on any atom is 0.231 e. The van der Waals surface area contributed by atoms with Gasteiger partial charge in [0, 0.05) is 24.0 Å². The lowest BCUT2D eigenvalue weighted by Crippen LogP contribution is -2.52. The molecule has 0 spiro atoms. The van der Waals surface area contributed by atoms with Gasteiger partial charge in [0.25, 0.3) is 0 Å². The molecule has 0 aromatic heterocycles. The minimum Gasteiger partial charge on any atom is -0.632 e. The van der Waals surface area contributed by atoms with Crippen LogP contribution in [0.2, 0.25) is 0 Å². The van der Waals surface area contributed by atoms with E-state index >= 15 is 0 Å². The van der Waals surface area contributed by atoms with E-state index in [4.69, 9.17) is 14.2 Å². The Balaban J connectivity index is 1.69. The molecule has 6 nitrogen and oxygen atoms in total. The Hall–Kier alpha value is -2.44. The van der Waals surface area contributed by atoms with Crippen molar-refractivity contribution in [3.05, 3.63) is 51.7 Å². The van der Waals surface area contributed by atoms with Crippen molar-refractivity contribution >= 4 is 0 Å². The van der Waals surface area contributed by atoms with Gasteiger partial charge < -0.3 is 29.2 Å². The zero-order valence-corrected chi connectivity index (χ0v) is 14.1. The molecule has 3 unspecified atom stereocenters. The molecule has 2 aromatic rings. The van der Waals surface area contributed by atoms with Crippen molar-refractivity contribution in [3.63, 3.8) is 0 Å². The van der Waals surface area contributed by atoms with Crippen molar-refractivity contribution in [2.24, 2.45) is 0 Å². The molecule has 3 aliphatic heterocycles. The van der Waals surface area contributed by atoms with Crippen molar-refractivity contribution in [2.75, 3.05) is 21.0 Å². The van der Waals surface area contributed by atoms with E-state index in [0.29, 0.717) is 24.3 Å². The van der Waals surface area contributed by atoms with Gasteiger partial charge in [0.05, 0.1) is 14.2 Å². The molecule has 0 fully saturated rings. The van der Waals surface area contributed by atoms with E-state index in [1.165, 1.54) is 7.11 Å². The van der Waals surface area contributed by atoms with Gasteiger partial charge in [-0.15, -0.1) is 0 Å². The maximum absolute atomic E-state index is 13.5. The van der Waals surface area contributed by atoms with E-state index in [1.807, 2.05) is 18.2 Å². The Morgan fingerprint density at radius 2 is 1.64 bits per heavy atom. The minimum atomic E-state index is -0.354. The number of quaternary nitrogens is 1. The van der Waals surface area contributed by atoms with Crippen LogP contribution in [0.3, 0.4) is 0 Å². The largest absolute Gasteiger partial charge is 0.632 e. The highest BCUT2D eigenvalue weighted by Crippen LogP contribution is 2.54. The number of phenolic OH excluding ortho intramolecular Hbond substituents is 1. The summed E-state index contributed by atoms with van der Waals surface area (Å²) in [6.07, 6.45) is 1.21. The molecule has 0 saturated carbocycles. The van der Waals surface area contributed by atoms with Gasteiger partial charge in [0.1, 0.15) is 12.1 Å². The van der Waals surface area contributed by atoms with Crippen LogP contribution < -0.4 is 14.2 Å². The van der Waals surface area contributed by atoms with Crippen LogP contribution in [-0.4, -0.2) is 30.7 Å². The highest BCUT2D eigenvalue weighted by Gasteiger charge is 2.47. The number of rotatable bonds is 1. The Bertz CT molecular complexity index is 892. The molecule has 25 heavy (non-hydrogen) atoms. The van der Waals surface area contributed by atoms with Crippen molar-refractivity contribution < 1.29 is 24.0 Å². The van der Waals surface area contributed by atoms with Crippen LogP contribution in [0.5, 0.6) is 23.0 Å². The minimum absolute atomic E-state index is 0.118. The molecule has 3 atom stereocenters. The number of hydrogen-bond acceptors (Lipinski definition) is 5. The van der Waals surface area contributed by atoms with E-state index in [9.17, 15) is 10.3 Å². The average Bonchev–Trinajstić information content (AvgIpc) is 3.02. The molecular weight excluding hydrogens is 322 g/mol. The summed E-state index contributed by atoms with van der Waals surface area (Å²) in [7, 11) is 3.26. The maximum atomic E-state index is 13.5. The lowest BCUT2D eigenvalue weighted by Gasteiger charge is -2.57. The predicted octanol–water partition coefficient (Wildman–Crippen LogP) is 2.97. The van der Waals surface area contributed by atoms with Crippen LogP contribution in [0.4, 0.5) is 0 Å². The number of fused-ring (bicyclic) bond motifs is 7. The molecular formula is C19H19NO5. The monoisotopic (exact) mass is 341 g/mol. The summed E-state index contributed by atoms with van der Waals surface area (Å²) in [5, 5.41) is 23.7. The van der Waals surface area contributed by atoms with E-state index < -0.39 is 0 Å². The molecule has 0 amide bonds. The number of likely N-dealkylation sites (N-methyl/N-ethyl adjacent to an activating group) is 1. The van der Waals surface area contributed by atoms with Crippen molar-refractivity contribution in [3.8, 4) is 23.0 Å². The number of phenols is 1. The highest BCUT2D eigenvalue weighted by atomic mass is 16.7. The summed E-state index contributed by atoms with van der Waals surface area (Å²) in [6.45, 7) is 0.223. The van der Waals surface area contributed by atoms with Crippen LogP contribution in [-0.2, 0) is 12.8 Å². The van der Waals surface area contributed by atoms with Gasteiger partial charge in [-0.1, -0.05) is 0 Å². The van der Waals surface area contributed by atoms with Gasteiger partial charge >= 0.3 is 0 Å². The standard InChI is InChI=1S/C19H19NO5/c1-20(22)14-3-10-5-16(21)17(23-2)7-12(10)15(20)4-11-6-18-19(8-13(11)14)25-9-24-18/h5-8,14-15,21H,3-4,9H2,1-2H3. The number of methoxy groups -OCH3 is 1. The van der Waals surface area contributed by atoms with Gasteiger partial charge in [-0.3, -0.25) is 0 Å². The summed E-state index contributed by atoms with van der Waals surface area (Å²) in [5.41, 5.74) is 4.15. The average molecular weight is 341 g/mol. The SMILES string of the molecule is COc1cc2c(cc1O)CC1c3cc4c(cc3CC2[N+]1(C)[O-])OCO4. The van der Waals surface area contributed by atoms with Gasteiger partial charge in [-0.05, 0) is 35.4 Å². The Morgan fingerprint density at radius 1 is 1.04 bits per heavy atom. The first-order valence-electron chi connectivity index (χ1n) is 8.38. The fourth-order valence-corrected chi connectivity index (χ4v) is 4.53. The molecule has 6 heteroatoms. The number of hydroxylamine groups is 3. The van der Waals surface area contributed by atoms with Crippen LogP contribution >= 0.6 is 0 Å². The third-order valence-corrected chi connectivity index (χ3v) is 5.86. The number of ether oxygens (including phenoxy) is 3. The summed E-state index contributed by atoms with van der Waals surface area (Å²) >= 11 is 0. The first-order valence-corrected chi connectivity index (χ1v) is 8.38. The van der Waals surface area contributed by atoms with E-state index in [2.05, 4.69) is 0 Å². The predicted molar refractivity (Wildman–Crippen MR) is 89.7 cm³/mol. The Kier molecular flexibility index (Phi) is 2.86. The molecule has 130 valence electrons. The summed E-state index contributed by atoms with van der Waals surface area (Å²) in [5.74, 6) is 1.99. The second-order valence-electron chi connectivity index (χ2n) is 7.13. The molecule has 0 aliphatic carbocycles. The Labute approximate surface area is 145 Å². The summed E-state index contributed by atoms with van der Waals surface area (Å²) < 4.78 is 15.9. The summed E-state index contributed by atoms with van der Waals surface area (Å²) in [4.78, 5) is 0. The molecule has 1 N–H and O–H groups in total. The van der Waals surface area contributed by atoms with Crippen LogP contribution in [0.15, 0.2) is 24.3 Å². The van der Waals surface area contributed by atoms with Gasteiger partial charge in [0.2, 0.25) is 6.79 Å². The second kappa shape index (κ2) is 4.80. The summed E-state index contributed by atoms with van der Waals surface area (Å²) in [6, 6.07) is 7.09. The highest BCUT2D eigenvalue weighted by molar-refractivity contribution is 5.54. The molecule has 0 saturated heterocycles. The third-order valence-electron chi connectivity index (χ3n) is 5.86. The van der Waals surface area contributed by atoms with E-state index in [-0.39, 0.29) is 29.3 Å².